The third kappa shape index (κ3) is 3.66. The highest BCUT2D eigenvalue weighted by molar-refractivity contribution is 6.31. The molecule has 0 aliphatic carbocycles. The topological polar surface area (TPSA) is 47.8 Å². The number of para-hydroxylation sites is 1. The zero-order chi connectivity index (χ0) is 18.6. The average Bonchev–Trinajstić information content (AvgIpc) is 2.71. The maximum absolute atomic E-state index is 13.1. The number of aromatic nitrogens is 3. The Morgan fingerprint density at radius 2 is 1.78 bits per heavy atom. The summed E-state index contributed by atoms with van der Waals surface area (Å²) < 4.78 is 1.65. The number of benzene rings is 2. The largest absolute Gasteiger partial charge is 0.288 e. The zero-order valence-corrected chi connectivity index (χ0v) is 15.2. The molecular weight excluding hydrogens is 358 g/mol. The van der Waals surface area contributed by atoms with Crippen molar-refractivity contribution < 1.29 is 0 Å². The minimum atomic E-state index is -0.0913. The van der Waals surface area contributed by atoms with Crippen molar-refractivity contribution in [1.29, 1.82) is 0 Å². The first kappa shape index (κ1) is 17.2. The Kier molecular flexibility index (Phi) is 4.81. The molecule has 0 spiro atoms. The number of hydrogen-bond acceptors (Lipinski definition) is 3. The highest BCUT2D eigenvalue weighted by atomic mass is 35.5. The molecule has 132 valence electrons. The van der Waals surface area contributed by atoms with Crippen molar-refractivity contribution in [3.8, 4) is 0 Å². The van der Waals surface area contributed by atoms with Crippen LogP contribution >= 0.6 is 11.6 Å². The van der Waals surface area contributed by atoms with Crippen LogP contribution in [-0.2, 0) is 6.54 Å². The lowest BCUT2D eigenvalue weighted by atomic mass is 10.2. The highest BCUT2D eigenvalue weighted by Gasteiger charge is 2.11. The summed E-state index contributed by atoms with van der Waals surface area (Å²) in [4.78, 5) is 21.9. The van der Waals surface area contributed by atoms with E-state index in [-0.39, 0.29) is 5.56 Å². The van der Waals surface area contributed by atoms with Gasteiger partial charge in [-0.05, 0) is 47.5 Å². The van der Waals surface area contributed by atoms with E-state index >= 15 is 0 Å². The van der Waals surface area contributed by atoms with Gasteiger partial charge in [0, 0.05) is 17.4 Å². The van der Waals surface area contributed by atoms with Gasteiger partial charge in [0.15, 0.2) is 0 Å². The van der Waals surface area contributed by atoms with Crippen LogP contribution in [0.2, 0.25) is 5.02 Å². The van der Waals surface area contributed by atoms with Gasteiger partial charge < -0.3 is 0 Å². The van der Waals surface area contributed by atoms with Crippen molar-refractivity contribution in [3.63, 3.8) is 0 Å². The quantitative estimate of drug-likeness (QED) is 0.522. The molecule has 4 rings (SSSR count). The fourth-order valence-electron chi connectivity index (χ4n) is 2.91. The second-order valence-corrected chi connectivity index (χ2v) is 6.50. The van der Waals surface area contributed by atoms with E-state index in [4.69, 9.17) is 11.6 Å². The van der Waals surface area contributed by atoms with E-state index in [2.05, 4.69) is 9.97 Å². The smallest absolute Gasteiger partial charge is 0.261 e. The van der Waals surface area contributed by atoms with E-state index in [1.165, 1.54) is 0 Å². The van der Waals surface area contributed by atoms with Gasteiger partial charge in [0.05, 0.1) is 17.4 Å². The van der Waals surface area contributed by atoms with Crippen LogP contribution in [0.4, 0.5) is 0 Å². The van der Waals surface area contributed by atoms with Crippen LogP contribution in [0.1, 0.15) is 17.0 Å². The third-order valence-corrected chi connectivity index (χ3v) is 4.66. The standard InChI is InChI=1S/C22H16ClN3O/c23-19-9-3-1-7-17(19)15-26-21(12-11-16-6-5-13-24-14-16)25-20-10-4-2-8-18(20)22(26)27/h1-14H,15H2/b12-11+. The maximum Gasteiger partial charge on any atom is 0.261 e. The van der Waals surface area contributed by atoms with Gasteiger partial charge >= 0.3 is 0 Å². The molecule has 0 atom stereocenters. The third-order valence-electron chi connectivity index (χ3n) is 4.29. The minimum Gasteiger partial charge on any atom is -0.288 e. The molecule has 27 heavy (non-hydrogen) atoms. The van der Waals surface area contributed by atoms with Crippen molar-refractivity contribution in [2.45, 2.75) is 6.54 Å². The summed E-state index contributed by atoms with van der Waals surface area (Å²) in [5.41, 5.74) is 2.38. The zero-order valence-electron chi connectivity index (χ0n) is 14.4. The number of fused-ring (bicyclic) bond motifs is 1. The molecule has 0 N–H and O–H groups in total. The van der Waals surface area contributed by atoms with Crippen LogP contribution < -0.4 is 5.56 Å². The van der Waals surface area contributed by atoms with Crippen LogP contribution in [0.25, 0.3) is 23.1 Å². The first-order valence-electron chi connectivity index (χ1n) is 8.53. The van der Waals surface area contributed by atoms with Gasteiger partial charge in [-0.15, -0.1) is 0 Å². The monoisotopic (exact) mass is 373 g/mol. The Hall–Kier alpha value is -3.24. The molecule has 0 fully saturated rings. The van der Waals surface area contributed by atoms with Crippen molar-refractivity contribution >= 4 is 34.7 Å². The summed E-state index contributed by atoms with van der Waals surface area (Å²) in [5.74, 6) is 0.572. The molecule has 2 aromatic heterocycles. The Morgan fingerprint density at radius 1 is 0.963 bits per heavy atom. The molecular formula is C22H16ClN3O. The molecule has 0 unspecified atom stereocenters. The van der Waals surface area contributed by atoms with Crippen molar-refractivity contribution in [2.24, 2.45) is 0 Å². The van der Waals surface area contributed by atoms with Gasteiger partial charge in [-0.25, -0.2) is 4.98 Å². The molecule has 5 heteroatoms. The van der Waals surface area contributed by atoms with E-state index in [0.717, 1.165) is 11.1 Å². The van der Waals surface area contributed by atoms with E-state index in [9.17, 15) is 4.79 Å². The fourth-order valence-corrected chi connectivity index (χ4v) is 3.10. The van der Waals surface area contributed by atoms with Gasteiger partial charge in [-0.3, -0.25) is 14.3 Å². The van der Waals surface area contributed by atoms with Crippen LogP contribution in [0.5, 0.6) is 0 Å². The predicted octanol–water partition coefficient (Wildman–Crippen LogP) is 4.66. The number of nitrogens with zero attached hydrogens (tertiary/aromatic N) is 3. The first-order chi connectivity index (χ1) is 13.2. The maximum atomic E-state index is 13.1. The Balaban J connectivity index is 1.86. The number of pyridine rings is 1. The molecule has 0 saturated heterocycles. The summed E-state index contributed by atoms with van der Waals surface area (Å²) in [7, 11) is 0. The Bertz CT molecular complexity index is 1180. The van der Waals surface area contributed by atoms with Gasteiger partial charge in [0.25, 0.3) is 5.56 Å². The van der Waals surface area contributed by atoms with Crippen LogP contribution in [0.15, 0.2) is 77.9 Å². The van der Waals surface area contributed by atoms with Crippen molar-refractivity contribution in [3.05, 3.63) is 105 Å². The lowest BCUT2D eigenvalue weighted by Gasteiger charge is -2.12. The Morgan fingerprint density at radius 3 is 2.59 bits per heavy atom. The second kappa shape index (κ2) is 7.56. The molecule has 0 bridgehead atoms. The molecule has 0 amide bonds. The lowest BCUT2D eigenvalue weighted by Crippen LogP contribution is -2.24. The molecule has 0 aliphatic heterocycles. The predicted molar refractivity (Wildman–Crippen MR) is 110 cm³/mol. The lowest BCUT2D eigenvalue weighted by molar-refractivity contribution is 0.738. The van der Waals surface area contributed by atoms with Gasteiger partial charge in [-0.2, -0.15) is 0 Å². The summed E-state index contributed by atoms with van der Waals surface area (Å²) >= 11 is 6.31. The summed E-state index contributed by atoms with van der Waals surface area (Å²) in [6.07, 6.45) is 7.21. The number of hydrogen-bond donors (Lipinski definition) is 0. The molecule has 0 radical (unpaired) electrons. The molecule has 0 aliphatic rings. The van der Waals surface area contributed by atoms with E-state index < -0.39 is 0 Å². The second-order valence-electron chi connectivity index (χ2n) is 6.09. The summed E-state index contributed by atoms with van der Waals surface area (Å²) in [5, 5.41) is 1.21. The van der Waals surface area contributed by atoms with Gasteiger partial charge in [0.1, 0.15) is 5.82 Å². The van der Waals surface area contributed by atoms with E-state index in [0.29, 0.717) is 28.3 Å². The summed E-state index contributed by atoms with van der Waals surface area (Å²) in [6, 6.07) is 18.7. The van der Waals surface area contributed by atoms with Gasteiger partial charge in [0.2, 0.25) is 0 Å². The highest BCUT2D eigenvalue weighted by Crippen LogP contribution is 2.18. The number of halogens is 1. The van der Waals surface area contributed by atoms with E-state index in [1.807, 2.05) is 66.7 Å². The number of rotatable bonds is 4. The fraction of sp³-hybridized carbons (Fsp3) is 0.0455. The average molecular weight is 374 g/mol. The van der Waals surface area contributed by atoms with Gasteiger partial charge in [-0.1, -0.05) is 48.0 Å². The SMILES string of the molecule is O=c1c2ccccc2nc(/C=C/c2cccnc2)n1Cc1ccccc1Cl. The van der Waals surface area contributed by atoms with Crippen molar-refractivity contribution in [1.82, 2.24) is 14.5 Å². The molecule has 4 aromatic rings. The summed E-state index contributed by atoms with van der Waals surface area (Å²) in [6.45, 7) is 0.350. The minimum absolute atomic E-state index is 0.0913. The molecule has 4 nitrogen and oxygen atoms in total. The van der Waals surface area contributed by atoms with Crippen molar-refractivity contribution in [2.75, 3.05) is 0 Å². The molecule has 0 saturated carbocycles. The van der Waals surface area contributed by atoms with Crippen LogP contribution in [-0.4, -0.2) is 14.5 Å². The molecule has 2 heterocycles. The first-order valence-corrected chi connectivity index (χ1v) is 8.91. The molecule has 2 aromatic carbocycles. The Labute approximate surface area is 161 Å². The van der Waals surface area contributed by atoms with Crippen LogP contribution in [0, 0.1) is 0 Å². The normalized spacial score (nSPS) is 11.3. The van der Waals surface area contributed by atoms with E-state index in [1.54, 1.807) is 23.0 Å². The van der Waals surface area contributed by atoms with Crippen LogP contribution in [0.3, 0.4) is 0 Å².